The molecule has 14 heteroatoms. The number of rotatable bonds is 5. The molecule has 1 aromatic rings. The van der Waals surface area contributed by atoms with Crippen LogP contribution in [0.3, 0.4) is 0 Å². The van der Waals surface area contributed by atoms with Gasteiger partial charge >= 0.3 is 23.9 Å². The van der Waals surface area contributed by atoms with Crippen molar-refractivity contribution in [2.24, 2.45) is 0 Å². The second-order valence-corrected chi connectivity index (χ2v) is 6.47. The van der Waals surface area contributed by atoms with Crippen LogP contribution in [0.4, 0.5) is 30.7 Å². The van der Waals surface area contributed by atoms with Gasteiger partial charge in [0.25, 0.3) is 10.1 Å². The van der Waals surface area contributed by atoms with Gasteiger partial charge in [0.2, 0.25) is 0 Å². The largest absolute Gasteiger partial charge is 0.505 e. The van der Waals surface area contributed by atoms with Gasteiger partial charge in [-0.3, -0.25) is 4.55 Å². The van der Waals surface area contributed by atoms with Crippen LogP contribution >= 0.6 is 0 Å². The normalized spacial score (nSPS) is 13.8. The minimum atomic E-state index is -6.45. The maximum absolute atomic E-state index is 13.1. The lowest BCUT2D eigenvalue weighted by Crippen LogP contribution is -2.63. The average Bonchev–Trinajstić information content (AvgIpc) is 2.44. The zero-order valence-corrected chi connectivity index (χ0v) is 13.5. The number of ether oxygens (including phenoxy) is 1. The standard InChI is InChI=1S/C13H9F7O6S/c14-8-5-7(1-3-9(8)21)2-4-10(22)26-11(12(15,16)17,13(18,19)20)6-27(23,24)25/h1-5,21H,6H2,(H,23,24,25)/b4-2+. The lowest BCUT2D eigenvalue weighted by atomic mass is 10.1. The Morgan fingerprint density at radius 2 is 1.63 bits per heavy atom. The molecule has 0 aliphatic heterocycles. The molecule has 0 aromatic heterocycles. The van der Waals surface area contributed by atoms with Crippen molar-refractivity contribution in [2.45, 2.75) is 18.0 Å². The van der Waals surface area contributed by atoms with Crippen LogP contribution < -0.4 is 0 Å². The first kappa shape index (κ1) is 22.7. The summed E-state index contributed by atoms with van der Waals surface area (Å²) in [6.07, 6.45) is -12.3. The van der Waals surface area contributed by atoms with Gasteiger partial charge in [0, 0.05) is 6.08 Å². The van der Waals surface area contributed by atoms with Crippen molar-refractivity contribution in [1.82, 2.24) is 0 Å². The van der Waals surface area contributed by atoms with E-state index in [-0.39, 0.29) is 11.6 Å². The van der Waals surface area contributed by atoms with Crippen molar-refractivity contribution >= 4 is 22.2 Å². The van der Waals surface area contributed by atoms with E-state index in [9.17, 15) is 43.9 Å². The highest BCUT2D eigenvalue weighted by Gasteiger charge is 2.75. The highest BCUT2D eigenvalue weighted by molar-refractivity contribution is 7.85. The molecule has 0 atom stereocenters. The summed E-state index contributed by atoms with van der Waals surface area (Å²) in [6.45, 7) is 0. The first-order valence-corrected chi connectivity index (χ1v) is 8.07. The summed E-state index contributed by atoms with van der Waals surface area (Å²) in [6, 6.07) is 2.34. The second kappa shape index (κ2) is 7.34. The quantitative estimate of drug-likeness (QED) is 0.325. The van der Waals surface area contributed by atoms with Crippen molar-refractivity contribution in [3.8, 4) is 5.75 Å². The van der Waals surface area contributed by atoms with E-state index in [1.807, 2.05) is 0 Å². The zero-order valence-electron chi connectivity index (χ0n) is 12.7. The van der Waals surface area contributed by atoms with Crippen LogP contribution in [0.2, 0.25) is 0 Å². The van der Waals surface area contributed by atoms with Crippen LogP contribution in [0.1, 0.15) is 5.56 Å². The number of alkyl halides is 6. The molecule has 2 N–H and O–H groups in total. The first-order chi connectivity index (χ1) is 12.0. The predicted octanol–water partition coefficient (Wildman–Crippen LogP) is 2.84. The summed E-state index contributed by atoms with van der Waals surface area (Å²) in [4.78, 5) is 11.4. The van der Waals surface area contributed by atoms with Crippen molar-refractivity contribution < 1.29 is 58.3 Å². The number of aromatic hydroxyl groups is 1. The fraction of sp³-hybridized carbons (Fsp3) is 0.308. The van der Waals surface area contributed by atoms with Crippen LogP contribution in [0.15, 0.2) is 24.3 Å². The van der Waals surface area contributed by atoms with Crippen LogP contribution in [-0.4, -0.2) is 47.8 Å². The molecular weight excluding hydrogens is 417 g/mol. The Labute approximate surface area is 146 Å². The van der Waals surface area contributed by atoms with Gasteiger partial charge in [0.05, 0.1) is 0 Å². The van der Waals surface area contributed by atoms with E-state index in [4.69, 9.17) is 9.66 Å². The number of carbonyl (C=O) groups is 1. The molecule has 0 saturated carbocycles. The maximum atomic E-state index is 13.1. The van der Waals surface area contributed by atoms with E-state index >= 15 is 0 Å². The molecule has 0 bridgehead atoms. The van der Waals surface area contributed by atoms with E-state index in [2.05, 4.69) is 4.74 Å². The minimum Gasteiger partial charge on any atom is -0.505 e. The Balaban J connectivity index is 3.26. The Morgan fingerprint density at radius 3 is 2.04 bits per heavy atom. The third-order valence-corrected chi connectivity index (χ3v) is 3.73. The lowest BCUT2D eigenvalue weighted by molar-refractivity contribution is -0.360. The van der Waals surface area contributed by atoms with E-state index in [1.165, 1.54) is 0 Å². The molecule has 0 saturated heterocycles. The Hall–Kier alpha value is -2.35. The van der Waals surface area contributed by atoms with E-state index in [1.54, 1.807) is 0 Å². The van der Waals surface area contributed by atoms with Gasteiger partial charge in [0.15, 0.2) is 11.6 Å². The van der Waals surface area contributed by atoms with Gasteiger partial charge in [-0.15, -0.1) is 0 Å². The molecule has 0 heterocycles. The number of hydrogen-bond donors (Lipinski definition) is 2. The molecule has 27 heavy (non-hydrogen) atoms. The molecule has 6 nitrogen and oxygen atoms in total. The molecular formula is C13H9F7O6S. The van der Waals surface area contributed by atoms with Gasteiger partial charge < -0.3 is 9.84 Å². The van der Waals surface area contributed by atoms with E-state index < -0.39 is 51.4 Å². The van der Waals surface area contributed by atoms with Gasteiger partial charge in [0.1, 0.15) is 5.75 Å². The molecule has 1 aromatic carbocycles. The summed E-state index contributed by atoms with van der Waals surface area (Å²) in [5.74, 6) is -7.30. The number of phenols is 1. The maximum Gasteiger partial charge on any atom is 0.438 e. The third-order valence-electron chi connectivity index (χ3n) is 2.96. The molecule has 152 valence electrons. The first-order valence-electron chi connectivity index (χ1n) is 6.47. The monoisotopic (exact) mass is 426 g/mol. The average molecular weight is 426 g/mol. The van der Waals surface area contributed by atoms with Crippen LogP contribution in [-0.2, 0) is 19.6 Å². The smallest absolute Gasteiger partial charge is 0.438 e. The van der Waals surface area contributed by atoms with Gasteiger partial charge in [-0.2, -0.15) is 34.8 Å². The topological polar surface area (TPSA) is 101 Å². The predicted molar refractivity (Wildman–Crippen MR) is 74.4 cm³/mol. The number of carbonyl (C=O) groups excluding carboxylic acids is 1. The van der Waals surface area contributed by atoms with E-state index in [0.717, 1.165) is 12.1 Å². The van der Waals surface area contributed by atoms with Crippen molar-refractivity contribution in [3.63, 3.8) is 0 Å². The van der Waals surface area contributed by atoms with Gasteiger partial charge in [-0.1, -0.05) is 6.07 Å². The van der Waals surface area contributed by atoms with E-state index in [0.29, 0.717) is 12.1 Å². The molecule has 1 rings (SSSR count). The number of esters is 1. The molecule has 0 aliphatic rings. The zero-order chi connectivity index (χ0) is 21.3. The number of benzene rings is 1. The number of hydrogen-bond acceptors (Lipinski definition) is 5. The fourth-order valence-electron chi connectivity index (χ4n) is 1.72. The highest BCUT2D eigenvalue weighted by atomic mass is 32.2. The molecule has 0 unspecified atom stereocenters. The molecule has 0 aliphatic carbocycles. The minimum absolute atomic E-state index is 0.0437. The summed E-state index contributed by atoms with van der Waals surface area (Å²) in [5.41, 5.74) is -5.78. The summed E-state index contributed by atoms with van der Waals surface area (Å²) < 4.78 is 124. The summed E-state index contributed by atoms with van der Waals surface area (Å²) >= 11 is 0. The molecule has 0 amide bonds. The van der Waals surface area contributed by atoms with Gasteiger partial charge in [-0.25, -0.2) is 9.18 Å². The van der Waals surface area contributed by atoms with Crippen molar-refractivity contribution in [2.75, 3.05) is 5.75 Å². The molecule has 0 fully saturated rings. The molecule has 0 radical (unpaired) electrons. The summed E-state index contributed by atoms with van der Waals surface area (Å²) in [5, 5.41) is 8.94. The Bertz CT molecular complexity index is 828. The summed E-state index contributed by atoms with van der Waals surface area (Å²) in [7, 11) is -5.89. The molecule has 0 spiro atoms. The Morgan fingerprint density at radius 1 is 1.11 bits per heavy atom. The van der Waals surface area contributed by atoms with Crippen molar-refractivity contribution in [1.29, 1.82) is 0 Å². The fourth-order valence-corrected chi connectivity index (χ4v) is 2.62. The van der Waals surface area contributed by atoms with Crippen LogP contribution in [0.5, 0.6) is 5.75 Å². The third kappa shape index (κ3) is 5.56. The van der Waals surface area contributed by atoms with Gasteiger partial charge in [-0.05, 0) is 23.8 Å². The Kier molecular flexibility index (Phi) is 6.17. The highest BCUT2D eigenvalue weighted by Crippen LogP contribution is 2.46. The number of halogens is 7. The number of phenolic OH excluding ortho intramolecular Hbond substituents is 1. The van der Waals surface area contributed by atoms with Crippen LogP contribution in [0.25, 0.3) is 6.08 Å². The lowest BCUT2D eigenvalue weighted by Gasteiger charge is -2.35. The van der Waals surface area contributed by atoms with Crippen LogP contribution in [0, 0.1) is 5.82 Å². The second-order valence-electron chi connectivity index (χ2n) is 5.01. The SMILES string of the molecule is O=C(/C=C/c1ccc(O)c(F)c1)OC(CS(=O)(=O)O)(C(F)(F)F)C(F)(F)F. The van der Waals surface area contributed by atoms with Crippen molar-refractivity contribution in [3.05, 3.63) is 35.7 Å².